The number of halogens is 3. The van der Waals surface area contributed by atoms with Gasteiger partial charge in [-0.25, -0.2) is 9.59 Å². The Morgan fingerprint density at radius 3 is 2.11 bits per heavy atom. The van der Waals surface area contributed by atoms with Gasteiger partial charge in [0.05, 0.1) is 0 Å². The van der Waals surface area contributed by atoms with Crippen LogP contribution < -0.4 is 0 Å². The fourth-order valence-electron chi connectivity index (χ4n) is 0.705. The van der Waals surface area contributed by atoms with Crippen LogP contribution in [0.5, 0.6) is 0 Å². The molecule has 0 aromatic rings. The molecule has 0 rings (SSSR count). The summed E-state index contributed by atoms with van der Waals surface area (Å²) in [5.41, 5.74) is 0. The van der Waals surface area contributed by atoms with Gasteiger partial charge in [-0.3, -0.25) is 4.55 Å². The molecule has 104 valence electrons. The molecule has 0 amide bonds. The van der Waals surface area contributed by atoms with Crippen molar-refractivity contribution in [2.24, 2.45) is 0 Å². The second-order valence-corrected chi connectivity index (χ2v) is 4.38. The first-order valence-corrected chi connectivity index (χ1v) is 5.66. The van der Waals surface area contributed by atoms with Crippen LogP contribution in [0.25, 0.3) is 0 Å². The molecule has 11 heteroatoms. The molecule has 0 aliphatic carbocycles. The van der Waals surface area contributed by atoms with E-state index >= 15 is 0 Å². The summed E-state index contributed by atoms with van der Waals surface area (Å²) in [6, 6.07) is 0. The van der Waals surface area contributed by atoms with Crippen LogP contribution in [0.4, 0.5) is 13.2 Å². The molecule has 0 aliphatic rings. The van der Waals surface area contributed by atoms with Crippen LogP contribution >= 0.6 is 0 Å². The summed E-state index contributed by atoms with van der Waals surface area (Å²) >= 11 is 0. The zero-order chi connectivity index (χ0) is 14.6. The highest BCUT2D eigenvalue weighted by Crippen LogP contribution is 2.24. The van der Waals surface area contributed by atoms with Crippen molar-refractivity contribution < 1.29 is 45.6 Å². The number of rotatable bonds is 5. The van der Waals surface area contributed by atoms with Gasteiger partial charge in [0, 0.05) is 12.2 Å². The molecule has 0 aliphatic heterocycles. The molecule has 0 saturated carbocycles. The van der Waals surface area contributed by atoms with Gasteiger partial charge in [-0.1, -0.05) is 0 Å². The van der Waals surface area contributed by atoms with Crippen molar-refractivity contribution >= 4 is 22.1 Å². The number of ether oxygens (including phenoxy) is 1. The minimum Gasteiger partial charge on any atom is -0.478 e. The summed E-state index contributed by atoms with van der Waals surface area (Å²) in [5, 5.41) is 8.09. The first-order valence-electron chi connectivity index (χ1n) is 4.05. The number of carbonyl (C=O) groups excluding carboxylic acids is 1. The van der Waals surface area contributed by atoms with Crippen molar-refractivity contribution in [2.45, 2.75) is 12.3 Å². The smallest absolute Gasteiger partial charge is 0.426 e. The molecule has 1 atom stereocenters. The predicted molar refractivity (Wildman–Crippen MR) is 49.1 cm³/mol. The lowest BCUT2D eigenvalue weighted by atomic mass is 10.4. The number of hydrogen-bond donors (Lipinski definition) is 2. The van der Waals surface area contributed by atoms with Crippen LogP contribution in [0, 0.1) is 0 Å². The summed E-state index contributed by atoms with van der Waals surface area (Å²) in [4.78, 5) is 20.7. The second-order valence-electron chi connectivity index (χ2n) is 2.89. The number of hydrogen-bond acceptors (Lipinski definition) is 5. The lowest BCUT2D eigenvalue weighted by Gasteiger charge is -2.18. The van der Waals surface area contributed by atoms with Crippen LogP contribution in [-0.4, -0.2) is 48.0 Å². The molecule has 0 bridgehead atoms. The van der Waals surface area contributed by atoms with Gasteiger partial charge in [0.2, 0.25) is 6.10 Å². The molecule has 0 spiro atoms. The Balaban J connectivity index is 4.82. The quantitative estimate of drug-likeness (QED) is 0.415. The van der Waals surface area contributed by atoms with Gasteiger partial charge in [0.15, 0.2) is 0 Å². The highest BCUT2D eigenvalue weighted by atomic mass is 32.2. The summed E-state index contributed by atoms with van der Waals surface area (Å²) in [7, 11) is -5.02. The van der Waals surface area contributed by atoms with Crippen molar-refractivity contribution in [1.29, 1.82) is 0 Å². The Kier molecular flexibility index (Phi) is 5.29. The zero-order valence-electron chi connectivity index (χ0n) is 8.42. The van der Waals surface area contributed by atoms with Crippen molar-refractivity contribution in [2.75, 3.05) is 5.75 Å². The van der Waals surface area contributed by atoms with Crippen molar-refractivity contribution in [3.05, 3.63) is 12.2 Å². The molecular weight excluding hydrogens is 285 g/mol. The average molecular weight is 292 g/mol. The summed E-state index contributed by atoms with van der Waals surface area (Å²) < 4.78 is 69.2. The molecule has 0 aromatic carbocycles. The highest BCUT2D eigenvalue weighted by molar-refractivity contribution is 7.85. The van der Waals surface area contributed by atoms with Gasteiger partial charge >= 0.3 is 18.1 Å². The van der Waals surface area contributed by atoms with E-state index in [1.54, 1.807) is 0 Å². The molecule has 2 N–H and O–H groups in total. The van der Waals surface area contributed by atoms with E-state index in [4.69, 9.17) is 9.66 Å². The van der Waals surface area contributed by atoms with Gasteiger partial charge in [0.1, 0.15) is 5.75 Å². The number of carboxylic acid groups (broad SMARTS) is 1. The SMILES string of the molecule is O=C(O)/C=C\C(=O)OC(CS(=O)(=O)O)C(F)(F)F. The largest absolute Gasteiger partial charge is 0.478 e. The Morgan fingerprint density at radius 1 is 1.28 bits per heavy atom. The fraction of sp³-hybridized carbons (Fsp3) is 0.429. The van der Waals surface area contributed by atoms with E-state index in [1.807, 2.05) is 0 Å². The third-order valence-electron chi connectivity index (χ3n) is 1.35. The van der Waals surface area contributed by atoms with Crippen molar-refractivity contribution in [3.8, 4) is 0 Å². The molecule has 0 heterocycles. The number of carboxylic acids is 1. The number of aliphatic carboxylic acids is 1. The van der Waals surface area contributed by atoms with Crippen LogP contribution in [0.1, 0.15) is 0 Å². The Hall–Kier alpha value is -1.62. The maximum atomic E-state index is 12.2. The summed E-state index contributed by atoms with van der Waals surface area (Å²) in [5.74, 6) is -5.18. The minimum atomic E-state index is -5.22. The maximum Gasteiger partial charge on any atom is 0.426 e. The highest BCUT2D eigenvalue weighted by Gasteiger charge is 2.45. The van der Waals surface area contributed by atoms with Gasteiger partial charge in [-0.2, -0.15) is 21.6 Å². The van der Waals surface area contributed by atoms with E-state index in [-0.39, 0.29) is 12.2 Å². The van der Waals surface area contributed by atoms with Crippen LogP contribution in [0.15, 0.2) is 12.2 Å². The van der Waals surface area contributed by atoms with E-state index in [0.29, 0.717) is 0 Å². The fourth-order valence-corrected chi connectivity index (χ4v) is 1.35. The van der Waals surface area contributed by atoms with Gasteiger partial charge < -0.3 is 9.84 Å². The van der Waals surface area contributed by atoms with Crippen LogP contribution in [0.2, 0.25) is 0 Å². The minimum absolute atomic E-state index is 0.172. The number of carbonyl (C=O) groups is 2. The molecule has 18 heavy (non-hydrogen) atoms. The molecule has 0 fully saturated rings. The topological polar surface area (TPSA) is 118 Å². The molecule has 0 aromatic heterocycles. The maximum absolute atomic E-state index is 12.2. The first kappa shape index (κ1) is 16.4. The van der Waals surface area contributed by atoms with E-state index in [2.05, 4.69) is 4.74 Å². The lowest BCUT2D eigenvalue weighted by molar-refractivity contribution is -0.212. The van der Waals surface area contributed by atoms with E-state index in [1.165, 1.54) is 0 Å². The zero-order valence-corrected chi connectivity index (χ0v) is 9.23. The van der Waals surface area contributed by atoms with Crippen LogP contribution in [-0.2, 0) is 24.4 Å². The third-order valence-corrected chi connectivity index (χ3v) is 2.07. The summed E-state index contributed by atoms with van der Waals surface area (Å²) in [6.45, 7) is 0. The number of esters is 1. The lowest BCUT2D eigenvalue weighted by Crippen LogP contribution is -2.39. The van der Waals surface area contributed by atoms with Gasteiger partial charge in [0.25, 0.3) is 10.1 Å². The Bertz CT molecular complexity index is 450. The molecule has 7 nitrogen and oxygen atoms in total. The predicted octanol–water partition coefficient (Wildman–Crippen LogP) is -0.0109. The second kappa shape index (κ2) is 5.82. The standard InChI is InChI=1S/C7H7F3O7S/c8-7(9,10)4(3-18(14,15)16)17-6(13)2-1-5(11)12/h1-2,4H,3H2,(H,11,12)(H,14,15,16)/b2-1-. The first-order chi connectivity index (χ1) is 7.92. The van der Waals surface area contributed by atoms with Crippen molar-refractivity contribution in [1.82, 2.24) is 0 Å². The summed E-state index contributed by atoms with van der Waals surface area (Å²) in [6.07, 6.45) is -7.92. The molecule has 1 unspecified atom stereocenters. The Morgan fingerprint density at radius 2 is 1.78 bits per heavy atom. The molecule has 0 saturated heterocycles. The third kappa shape index (κ3) is 7.62. The monoisotopic (exact) mass is 292 g/mol. The van der Waals surface area contributed by atoms with E-state index in [0.717, 1.165) is 0 Å². The Labute approximate surface area is 98.6 Å². The number of alkyl halides is 3. The van der Waals surface area contributed by atoms with Crippen LogP contribution in [0.3, 0.4) is 0 Å². The molecule has 0 radical (unpaired) electrons. The van der Waals surface area contributed by atoms with Gasteiger partial charge in [-0.15, -0.1) is 0 Å². The van der Waals surface area contributed by atoms with Crippen molar-refractivity contribution in [3.63, 3.8) is 0 Å². The van der Waals surface area contributed by atoms with E-state index in [9.17, 15) is 31.2 Å². The molecular formula is C7H7F3O7S. The van der Waals surface area contributed by atoms with E-state index < -0.39 is 40.1 Å². The average Bonchev–Trinajstić information content (AvgIpc) is 2.10. The normalized spacial score (nSPS) is 14.4. The van der Waals surface area contributed by atoms with Gasteiger partial charge in [-0.05, 0) is 0 Å².